The van der Waals surface area contributed by atoms with Crippen LogP contribution in [0.2, 0.25) is 10.0 Å². The molecule has 4 rings (SSSR count). The first-order valence-electron chi connectivity index (χ1n) is 10.6. The molecule has 12 heteroatoms. The third-order valence-corrected chi connectivity index (χ3v) is 7.16. The van der Waals surface area contributed by atoms with Crippen LogP contribution in [0.4, 0.5) is 17.1 Å². The smallest absolute Gasteiger partial charge is 0.297 e. The second-order valence-corrected chi connectivity index (χ2v) is 10.0. The van der Waals surface area contributed by atoms with Crippen molar-refractivity contribution < 1.29 is 27.6 Å². The number of hydrogen-bond acceptors (Lipinski definition) is 7. The first-order chi connectivity index (χ1) is 17.5. The topological polar surface area (TPSA) is 138 Å². The van der Waals surface area contributed by atoms with E-state index in [1.807, 2.05) is 0 Å². The summed E-state index contributed by atoms with van der Waals surface area (Å²) in [6, 6.07) is 15.6. The number of carbonyl (C=O) groups is 1. The molecule has 0 aliphatic heterocycles. The van der Waals surface area contributed by atoms with Gasteiger partial charge in [-0.3, -0.25) is 9.35 Å². The fraction of sp³-hybridized carbons (Fsp3) is 0.0800. The van der Waals surface area contributed by atoms with E-state index in [0.717, 1.165) is 0 Å². The first kappa shape index (κ1) is 26.4. The van der Waals surface area contributed by atoms with E-state index in [1.54, 1.807) is 36.4 Å². The van der Waals surface area contributed by atoms with E-state index >= 15 is 0 Å². The maximum atomic E-state index is 13.2. The molecule has 0 bridgehead atoms. The van der Waals surface area contributed by atoms with Crippen LogP contribution in [0.25, 0.3) is 10.8 Å². The fourth-order valence-electron chi connectivity index (χ4n) is 3.71. The Labute approximate surface area is 222 Å². The second kappa shape index (κ2) is 10.3. The highest BCUT2D eigenvalue weighted by molar-refractivity contribution is 7.86. The normalized spacial score (nSPS) is 11.7. The molecule has 4 aromatic rings. The van der Waals surface area contributed by atoms with Crippen molar-refractivity contribution in [3.05, 3.63) is 81.8 Å². The van der Waals surface area contributed by atoms with E-state index in [9.17, 15) is 22.9 Å². The van der Waals surface area contributed by atoms with Gasteiger partial charge >= 0.3 is 0 Å². The van der Waals surface area contributed by atoms with Crippen molar-refractivity contribution in [1.82, 2.24) is 0 Å². The number of carbonyl (C=O) groups excluding carboxylic acids is 1. The highest BCUT2D eigenvalue weighted by atomic mass is 35.5. The Morgan fingerprint density at radius 2 is 1.76 bits per heavy atom. The van der Waals surface area contributed by atoms with Crippen LogP contribution in [-0.2, 0) is 10.1 Å². The Kier molecular flexibility index (Phi) is 7.37. The Bertz CT molecular complexity index is 1690. The summed E-state index contributed by atoms with van der Waals surface area (Å²) in [4.78, 5) is 12.6. The highest BCUT2D eigenvalue weighted by Crippen LogP contribution is 2.41. The Morgan fingerprint density at radius 1 is 1.03 bits per heavy atom. The number of phenols is 1. The number of nitrogens with one attached hydrogen (secondary N) is 1. The van der Waals surface area contributed by atoms with Crippen molar-refractivity contribution in [2.45, 2.75) is 11.8 Å². The highest BCUT2D eigenvalue weighted by Gasteiger charge is 2.22. The average molecular weight is 560 g/mol. The largest absolute Gasteiger partial charge is 0.505 e. The number of benzene rings is 4. The Hall–Kier alpha value is -3.70. The lowest BCUT2D eigenvalue weighted by molar-refractivity contribution is 0.102. The summed E-state index contributed by atoms with van der Waals surface area (Å²) in [5.74, 6) is -0.842. The molecule has 0 heterocycles. The molecule has 1 amide bonds. The quantitative estimate of drug-likeness (QED) is 0.170. The van der Waals surface area contributed by atoms with Crippen molar-refractivity contribution in [1.29, 1.82) is 0 Å². The number of hydrogen-bond donors (Lipinski definition) is 3. The molecule has 0 saturated carbocycles. The van der Waals surface area contributed by atoms with E-state index in [1.165, 1.54) is 38.3 Å². The van der Waals surface area contributed by atoms with Crippen molar-refractivity contribution in [2.24, 2.45) is 10.2 Å². The molecular formula is C25H19Cl2N3O6S. The van der Waals surface area contributed by atoms with Gasteiger partial charge in [0.05, 0.1) is 18.4 Å². The fourth-order valence-corrected chi connectivity index (χ4v) is 4.96. The van der Waals surface area contributed by atoms with Crippen molar-refractivity contribution in [3.8, 4) is 11.5 Å². The zero-order valence-electron chi connectivity index (χ0n) is 19.4. The number of aromatic hydroxyl groups is 1. The molecule has 3 N–H and O–H groups in total. The summed E-state index contributed by atoms with van der Waals surface area (Å²) in [5, 5.41) is 23.3. The van der Waals surface area contributed by atoms with E-state index in [2.05, 4.69) is 15.5 Å². The molecule has 0 aromatic heterocycles. The summed E-state index contributed by atoms with van der Waals surface area (Å²) in [5.41, 5.74) is 0.00240. The van der Waals surface area contributed by atoms with Gasteiger partial charge in [-0.2, -0.15) is 8.42 Å². The number of fused-ring (bicyclic) bond motifs is 1. The predicted molar refractivity (Wildman–Crippen MR) is 142 cm³/mol. The number of nitrogens with zero attached hydrogens (tertiary/aromatic N) is 2. The van der Waals surface area contributed by atoms with Gasteiger partial charge in [0.15, 0.2) is 5.75 Å². The molecule has 0 radical (unpaired) electrons. The molecule has 0 fully saturated rings. The van der Waals surface area contributed by atoms with Crippen LogP contribution in [0.5, 0.6) is 11.5 Å². The molecule has 37 heavy (non-hydrogen) atoms. The molecule has 0 saturated heterocycles. The van der Waals surface area contributed by atoms with Gasteiger partial charge < -0.3 is 15.2 Å². The summed E-state index contributed by atoms with van der Waals surface area (Å²) in [7, 11) is -3.27. The van der Waals surface area contributed by atoms with Gasteiger partial charge in [-0.1, -0.05) is 47.5 Å². The van der Waals surface area contributed by atoms with Crippen LogP contribution in [0.3, 0.4) is 0 Å². The van der Waals surface area contributed by atoms with E-state index < -0.39 is 26.7 Å². The summed E-state index contributed by atoms with van der Waals surface area (Å²) in [6.07, 6.45) is 0. The molecule has 0 spiro atoms. The van der Waals surface area contributed by atoms with E-state index in [-0.39, 0.29) is 27.5 Å². The molecule has 0 aliphatic carbocycles. The minimum Gasteiger partial charge on any atom is -0.505 e. The summed E-state index contributed by atoms with van der Waals surface area (Å²) < 4.78 is 38.9. The van der Waals surface area contributed by atoms with Gasteiger partial charge in [0.1, 0.15) is 22.0 Å². The molecule has 4 aromatic carbocycles. The SMILES string of the molecule is COc1cc(Cl)ccc1NC(=O)c1cc2ccccc2c(N=Nc2ccc(Cl)c(C)c2S(=O)(=O)O)c1O. The van der Waals surface area contributed by atoms with Crippen LogP contribution >= 0.6 is 23.2 Å². The number of anilines is 1. The number of methoxy groups -OCH3 is 1. The predicted octanol–water partition coefficient (Wildman–Crippen LogP) is 7.08. The van der Waals surface area contributed by atoms with Crippen LogP contribution in [0.1, 0.15) is 15.9 Å². The van der Waals surface area contributed by atoms with E-state index in [0.29, 0.717) is 27.2 Å². The number of amides is 1. The Morgan fingerprint density at radius 3 is 2.46 bits per heavy atom. The molecular weight excluding hydrogens is 541 g/mol. The average Bonchev–Trinajstić information content (AvgIpc) is 2.85. The van der Waals surface area contributed by atoms with Crippen LogP contribution in [-0.4, -0.2) is 31.1 Å². The van der Waals surface area contributed by atoms with Crippen molar-refractivity contribution in [2.75, 3.05) is 12.4 Å². The molecule has 9 nitrogen and oxygen atoms in total. The standard InChI is InChI=1S/C25H19Cl2N3O6S/c1-13-18(27)8-10-20(24(13)37(33,34)35)29-30-22-16-6-4-3-5-14(16)11-17(23(22)31)25(32)28-19-9-7-15(26)12-21(19)36-2/h3-12,31H,1-2H3,(H,28,32)(H,33,34,35). The van der Waals surface area contributed by atoms with Crippen molar-refractivity contribution >= 4 is 67.1 Å². The van der Waals surface area contributed by atoms with Crippen LogP contribution in [0, 0.1) is 6.92 Å². The van der Waals surface area contributed by atoms with E-state index in [4.69, 9.17) is 27.9 Å². The maximum Gasteiger partial charge on any atom is 0.297 e. The number of rotatable bonds is 6. The van der Waals surface area contributed by atoms with Gasteiger partial charge in [-0.25, -0.2) is 0 Å². The molecule has 0 aliphatic rings. The zero-order chi connectivity index (χ0) is 26.9. The number of phenolic OH excluding ortho intramolecular Hbond substituents is 1. The third-order valence-electron chi connectivity index (χ3n) is 5.49. The van der Waals surface area contributed by atoms with Crippen molar-refractivity contribution in [3.63, 3.8) is 0 Å². The second-order valence-electron chi connectivity index (χ2n) is 7.84. The van der Waals surface area contributed by atoms with Crippen LogP contribution in [0.15, 0.2) is 75.8 Å². The van der Waals surface area contributed by atoms with Crippen LogP contribution < -0.4 is 10.1 Å². The minimum atomic E-state index is -4.70. The number of halogens is 2. The van der Waals surface area contributed by atoms with Gasteiger partial charge in [-0.15, -0.1) is 10.2 Å². The maximum absolute atomic E-state index is 13.2. The number of ether oxygens (including phenoxy) is 1. The summed E-state index contributed by atoms with van der Waals surface area (Å²) >= 11 is 12.0. The lowest BCUT2D eigenvalue weighted by Gasteiger charge is -2.13. The van der Waals surface area contributed by atoms with Gasteiger partial charge in [0.2, 0.25) is 0 Å². The Balaban J connectivity index is 1.84. The molecule has 0 unspecified atom stereocenters. The lowest BCUT2D eigenvalue weighted by atomic mass is 10.0. The monoisotopic (exact) mass is 559 g/mol. The van der Waals surface area contributed by atoms with Gasteiger partial charge in [-0.05, 0) is 48.2 Å². The first-order valence-corrected chi connectivity index (χ1v) is 12.8. The molecule has 190 valence electrons. The number of azo groups is 1. The third kappa shape index (κ3) is 5.37. The summed E-state index contributed by atoms with van der Waals surface area (Å²) in [6.45, 7) is 1.41. The van der Waals surface area contributed by atoms with Gasteiger partial charge in [0, 0.05) is 21.5 Å². The van der Waals surface area contributed by atoms with Gasteiger partial charge in [0.25, 0.3) is 16.0 Å². The lowest BCUT2D eigenvalue weighted by Crippen LogP contribution is -2.13. The minimum absolute atomic E-state index is 0.0831. The zero-order valence-corrected chi connectivity index (χ0v) is 21.7. The molecule has 0 atom stereocenters.